The number of fused-ring (bicyclic) bond motifs is 1. The third kappa shape index (κ3) is 3.67. The zero-order valence-corrected chi connectivity index (χ0v) is 15.1. The Morgan fingerprint density at radius 2 is 2.04 bits per heavy atom. The molecule has 0 spiro atoms. The number of aryl methyl sites for hydroxylation is 2. The third-order valence-corrected chi connectivity index (χ3v) is 5.69. The summed E-state index contributed by atoms with van der Waals surface area (Å²) in [5.74, 6) is 0.469. The normalized spacial score (nSPS) is 15.2. The first kappa shape index (κ1) is 17.1. The van der Waals surface area contributed by atoms with Crippen molar-refractivity contribution in [2.75, 3.05) is 26.2 Å². The molecule has 130 valence electrons. The van der Waals surface area contributed by atoms with E-state index < -0.39 is 0 Å². The van der Waals surface area contributed by atoms with Crippen LogP contribution in [0.25, 0.3) is 10.2 Å². The maximum atomic E-state index is 12.4. The fourth-order valence-electron chi connectivity index (χ4n) is 3.22. The second-order valence-electron chi connectivity index (χ2n) is 6.40. The van der Waals surface area contributed by atoms with Crippen LogP contribution in [0.1, 0.15) is 46.7 Å². The molecule has 6 nitrogen and oxygen atoms in total. The lowest BCUT2D eigenvalue weighted by Gasteiger charge is -2.13. The molecule has 2 aromatic rings. The Morgan fingerprint density at radius 3 is 2.79 bits per heavy atom. The van der Waals surface area contributed by atoms with Crippen molar-refractivity contribution < 1.29 is 4.79 Å². The largest absolute Gasteiger partial charge is 0.351 e. The molecule has 1 aliphatic rings. The van der Waals surface area contributed by atoms with Crippen molar-refractivity contribution in [1.29, 1.82) is 0 Å². The Morgan fingerprint density at radius 1 is 1.29 bits per heavy atom. The van der Waals surface area contributed by atoms with Gasteiger partial charge in [-0.25, -0.2) is 4.98 Å². The van der Waals surface area contributed by atoms with Crippen LogP contribution in [0, 0.1) is 13.8 Å². The number of nitrogens with zero attached hydrogens (tertiary/aromatic N) is 2. The maximum absolute atomic E-state index is 12.4. The summed E-state index contributed by atoms with van der Waals surface area (Å²) in [5, 5.41) is 3.51. The fourth-order valence-corrected chi connectivity index (χ4v) is 4.36. The highest BCUT2D eigenvalue weighted by atomic mass is 32.1. The van der Waals surface area contributed by atoms with Crippen LogP contribution in [0.3, 0.4) is 0 Å². The van der Waals surface area contributed by atoms with Gasteiger partial charge in [-0.05, 0) is 64.7 Å². The van der Waals surface area contributed by atoms with E-state index in [-0.39, 0.29) is 11.5 Å². The first-order valence-electron chi connectivity index (χ1n) is 8.57. The van der Waals surface area contributed by atoms with Crippen molar-refractivity contribution in [3.8, 4) is 0 Å². The number of unbranched alkanes of at least 4 members (excludes halogenated alkanes) is 1. The summed E-state index contributed by atoms with van der Waals surface area (Å²) >= 11 is 1.29. The smallest absolute Gasteiger partial charge is 0.261 e. The van der Waals surface area contributed by atoms with Crippen LogP contribution in [0.5, 0.6) is 0 Å². The van der Waals surface area contributed by atoms with E-state index in [9.17, 15) is 9.59 Å². The molecule has 0 saturated carbocycles. The van der Waals surface area contributed by atoms with Crippen LogP contribution in [0.4, 0.5) is 0 Å². The summed E-state index contributed by atoms with van der Waals surface area (Å²) in [4.78, 5) is 35.2. The molecule has 2 N–H and O–H groups in total. The van der Waals surface area contributed by atoms with Gasteiger partial charge in [0.1, 0.15) is 10.7 Å². The van der Waals surface area contributed by atoms with E-state index in [2.05, 4.69) is 20.2 Å². The lowest BCUT2D eigenvalue weighted by Crippen LogP contribution is -2.26. The number of likely N-dealkylation sites (tertiary alicyclic amines) is 1. The molecule has 1 amide bonds. The maximum Gasteiger partial charge on any atom is 0.261 e. The molecule has 3 heterocycles. The number of amides is 1. The van der Waals surface area contributed by atoms with Gasteiger partial charge in [0.2, 0.25) is 0 Å². The van der Waals surface area contributed by atoms with E-state index in [0.717, 1.165) is 24.9 Å². The van der Waals surface area contributed by atoms with Crippen LogP contribution < -0.4 is 10.9 Å². The van der Waals surface area contributed by atoms with E-state index in [1.54, 1.807) is 6.92 Å². The van der Waals surface area contributed by atoms with Gasteiger partial charge in [-0.3, -0.25) is 9.59 Å². The first-order valence-corrected chi connectivity index (χ1v) is 9.38. The number of carbonyl (C=O) groups is 1. The van der Waals surface area contributed by atoms with Crippen molar-refractivity contribution in [3.63, 3.8) is 0 Å². The van der Waals surface area contributed by atoms with Gasteiger partial charge in [-0.2, -0.15) is 0 Å². The molecule has 0 bridgehead atoms. The summed E-state index contributed by atoms with van der Waals surface area (Å²) in [6.07, 6.45) is 4.71. The summed E-state index contributed by atoms with van der Waals surface area (Å²) in [7, 11) is 0. The van der Waals surface area contributed by atoms with Crippen molar-refractivity contribution >= 4 is 27.5 Å². The van der Waals surface area contributed by atoms with E-state index >= 15 is 0 Å². The standard InChI is InChI=1S/C17H24N4O2S/c1-11-13-15(22)19-12(2)20-17(13)24-14(11)16(23)18-7-3-4-8-21-9-5-6-10-21/h3-10H2,1-2H3,(H,18,23)(H,19,20,22). The minimum Gasteiger partial charge on any atom is -0.351 e. The van der Waals surface area contributed by atoms with Gasteiger partial charge in [0.25, 0.3) is 11.5 Å². The molecule has 1 aliphatic heterocycles. The van der Waals surface area contributed by atoms with Gasteiger partial charge in [0.15, 0.2) is 0 Å². The van der Waals surface area contributed by atoms with Crippen LogP contribution >= 0.6 is 11.3 Å². The highest BCUT2D eigenvalue weighted by Gasteiger charge is 2.18. The average molecular weight is 348 g/mol. The quantitative estimate of drug-likeness (QED) is 0.785. The molecule has 0 aliphatic carbocycles. The molecule has 1 saturated heterocycles. The van der Waals surface area contributed by atoms with Gasteiger partial charge in [0.05, 0.1) is 10.3 Å². The summed E-state index contributed by atoms with van der Waals surface area (Å²) in [5.41, 5.74) is 0.550. The minimum atomic E-state index is -0.170. The minimum absolute atomic E-state index is 0.103. The van der Waals surface area contributed by atoms with E-state index in [0.29, 0.717) is 27.5 Å². The average Bonchev–Trinajstić information content (AvgIpc) is 3.14. The second kappa shape index (κ2) is 7.44. The SMILES string of the molecule is Cc1nc2sc(C(=O)NCCCCN3CCCC3)c(C)c2c(=O)[nH]1. The topological polar surface area (TPSA) is 78.1 Å². The molecule has 1 fully saturated rings. The lowest BCUT2D eigenvalue weighted by molar-refractivity contribution is 0.0956. The van der Waals surface area contributed by atoms with Crippen LogP contribution in [-0.2, 0) is 0 Å². The van der Waals surface area contributed by atoms with E-state index in [1.165, 1.54) is 37.3 Å². The Balaban J connectivity index is 1.57. The summed E-state index contributed by atoms with van der Waals surface area (Å²) < 4.78 is 0. The van der Waals surface area contributed by atoms with E-state index in [4.69, 9.17) is 0 Å². The molecule has 24 heavy (non-hydrogen) atoms. The third-order valence-electron chi connectivity index (χ3n) is 4.51. The number of rotatable bonds is 6. The van der Waals surface area contributed by atoms with Gasteiger partial charge in [-0.15, -0.1) is 11.3 Å². The predicted octanol–water partition coefficient (Wildman–Crippen LogP) is 2.21. The van der Waals surface area contributed by atoms with E-state index in [1.807, 2.05) is 6.92 Å². The molecule has 2 aromatic heterocycles. The lowest BCUT2D eigenvalue weighted by atomic mass is 10.2. The Bertz CT molecular complexity index is 790. The number of thiophene rings is 1. The first-order chi connectivity index (χ1) is 11.6. The van der Waals surface area contributed by atoms with Gasteiger partial charge in [0, 0.05) is 6.54 Å². The molecule has 0 unspecified atom stereocenters. The van der Waals surface area contributed by atoms with Crippen molar-refractivity contribution in [2.24, 2.45) is 0 Å². The van der Waals surface area contributed by atoms with Crippen molar-refractivity contribution in [2.45, 2.75) is 39.5 Å². The molecule has 3 rings (SSSR count). The summed E-state index contributed by atoms with van der Waals surface area (Å²) in [6, 6.07) is 0. The van der Waals surface area contributed by atoms with Crippen LogP contribution in [-0.4, -0.2) is 47.0 Å². The summed E-state index contributed by atoms with van der Waals surface area (Å²) in [6.45, 7) is 7.78. The Kier molecular flexibility index (Phi) is 5.30. The highest BCUT2D eigenvalue weighted by molar-refractivity contribution is 7.20. The van der Waals surface area contributed by atoms with Gasteiger partial charge < -0.3 is 15.2 Å². The number of hydrogen-bond donors (Lipinski definition) is 2. The molecule has 0 radical (unpaired) electrons. The number of nitrogens with one attached hydrogen (secondary N) is 2. The second-order valence-corrected chi connectivity index (χ2v) is 7.40. The zero-order chi connectivity index (χ0) is 17.1. The number of aromatic amines is 1. The van der Waals surface area contributed by atoms with Gasteiger partial charge in [-0.1, -0.05) is 0 Å². The number of H-pyrrole nitrogens is 1. The molecule has 7 heteroatoms. The molecule has 0 atom stereocenters. The van der Waals surface area contributed by atoms with Crippen LogP contribution in [0.15, 0.2) is 4.79 Å². The molecular weight excluding hydrogens is 324 g/mol. The Labute approximate surface area is 145 Å². The molecular formula is C17H24N4O2S. The fraction of sp³-hybridized carbons (Fsp3) is 0.588. The highest BCUT2D eigenvalue weighted by Crippen LogP contribution is 2.26. The number of hydrogen-bond acceptors (Lipinski definition) is 5. The number of aromatic nitrogens is 2. The molecule has 0 aromatic carbocycles. The zero-order valence-electron chi connectivity index (χ0n) is 14.3. The monoisotopic (exact) mass is 348 g/mol. The Hall–Kier alpha value is -1.73. The number of carbonyl (C=O) groups excluding carboxylic acids is 1. The van der Waals surface area contributed by atoms with Crippen molar-refractivity contribution in [3.05, 3.63) is 26.6 Å². The predicted molar refractivity (Wildman–Crippen MR) is 97.0 cm³/mol. The van der Waals surface area contributed by atoms with Crippen LogP contribution in [0.2, 0.25) is 0 Å². The van der Waals surface area contributed by atoms with Crippen molar-refractivity contribution in [1.82, 2.24) is 20.2 Å². The van der Waals surface area contributed by atoms with Gasteiger partial charge >= 0.3 is 0 Å².